The molecule has 1 aromatic heterocycles. The van der Waals surface area contributed by atoms with Crippen molar-refractivity contribution in [2.75, 3.05) is 11.1 Å². The number of aromatic nitrogens is 2. The first kappa shape index (κ1) is 20.6. The van der Waals surface area contributed by atoms with Crippen molar-refractivity contribution in [1.82, 2.24) is 8.96 Å². The van der Waals surface area contributed by atoms with E-state index in [0.29, 0.717) is 5.52 Å². The van der Waals surface area contributed by atoms with Crippen LogP contribution in [0.1, 0.15) is 29.8 Å². The molecular weight excluding hydrogens is 409 g/mol. The number of fused-ring (bicyclic) bond motifs is 1. The molecule has 1 heterocycles. The molecule has 3 aromatic rings. The number of anilines is 2. The van der Waals surface area contributed by atoms with Crippen LogP contribution in [0.15, 0.2) is 42.5 Å². The number of carbonyl (C=O) groups is 1. The first-order chi connectivity index (χ1) is 13.4. The van der Waals surface area contributed by atoms with Crippen molar-refractivity contribution >= 4 is 38.6 Å². The molecule has 3 rings (SSSR count). The van der Waals surface area contributed by atoms with Crippen molar-refractivity contribution in [2.45, 2.75) is 25.3 Å². The molecule has 11 heteroatoms. The van der Waals surface area contributed by atoms with Crippen molar-refractivity contribution in [1.29, 1.82) is 0 Å². The van der Waals surface area contributed by atoms with E-state index in [1.54, 1.807) is 0 Å². The zero-order valence-corrected chi connectivity index (χ0v) is 16.2. The molecule has 0 saturated carbocycles. The summed E-state index contributed by atoms with van der Waals surface area (Å²) in [6.45, 7) is 2.99. The molecule has 0 aliphatic heterocycles. The molecule has 3 N–H and O–H groups in total. The third-order valence-electron chi connectivity index (χ3n) is 4.22. The highest BCUT2D eigenvalue weighted by molar-refractivity contribution is 7.90. The van der Waals surface area contributed by atoms with Crippen molar-refractivity contribution in [3.8, 4) is 0 Å². The molecule has 0 unspecified atom stereocenters. The Morgan fingerprint density at radius 3 is 2.31 bits per heavy atom. The summed E-state index contributed by atoms with van der Waals surface area (Å²) in [6, 6.07) is 8.10. The van der Waals surface area contributed by atoms with E-state index < -0.39 is 32.9 Å². The van der Waals surface area contributed by atoms with Gasteiger partial charge in [-0.05, 0) is 56.3 Å². The number of alkyl halides is 3. The Bertz CT molecular complexity index is 1180. The van der Waals surface area contributed by atoms with E-state index in [4.69, 9.17) is 5.73 Å². The highest BCUT2D eigenvalue weighted by Gasteiger charge is 2.30. The van der Waals surface area contributed by atoms with Gasteiger partial charge in [-0.2, -0.15) is 13.2 Å². The molecule has 0 saturated heterocycles. The molecule has 0 atom stereocenters. The van der Waals surface area contributed by atoms with Crippen LogP contribution in [-0.4, -0.2) is 28.5 Å². The normalized spacial score (nSPS) is 12.5. The Balaban J connectivity index is 1.94. The maximum Gasteiger partial charge on any atom is 0.416 e. The van der Waals surface area contributed by atoms with E-state index >= 15 is 0 Å². The summed E-state index contributed by atoms with van der Waals surface area (Å²) in [7, 11) is -3.80. The molecule has 0 radical (unpaired) electrons. The van der Waals surface area contributed by atoms with Crippen molar-refractivity contribution < 1.29 is 26.4 Å². The van der Waals surface area contributed by atoms with Crippen molar-refractivity contribution in [3.05, 3.63) is 53.6 Å². The molecule has 0 fully saturated rings. The largest absolute Gasteiger partial charge is 0.416 e. The first-order valence-electron chi connectivity index (χ1n) is 8.42. The van der Waals surface area contributed by atoms with Crippen LogP contribution >= 0.6 is 0 Å². The van der Waals surface area contributed by atoms with Gasteiger partial charge in [0.2, 0.25) is 16.0 Å². The Kier molecular flexibility index (Phi) is 5.03. The summed E-state index contributed by atoms with van der Waals surface area (Å²) >= 11 is 0. The van der Waals surface area contributed by atoms with Gasteiger partial charge in [-0.1, -0.05) is 0 Å². The predicted octanol–water partition coefficient (Wildman–Crippen LogP) is 3.48. The highest BCUT2D eigenvalue weighted by Crippen LogP contribution is 2.29. The lowest BCUT2D eigenvalue weighted by Crippen LogP contribution is -2.23. The van der Waals surface area contributed by atoms with E-state index in [-0.39, 0.29) is 22.7 Å². The Labute approximate surface area is 164 Å². The van der Waals surface area contributed by atoms with E-state index in [0.717, 1.165) is 28.2 Å². The monoisotopic (exact) mass is 426 g/mol. The SMILES string of the molecule is CC(C)S(=O)(=O)n1c(N)nc2ccc(NC(=O)c3ccc(C(F)(F)F)cc3)cc21. The number of benzene rings is 2. The van der Waals surface area contributed by atoms with Gasteiger partial charge in [0.05, 0.1) is 21.8 Å². The van der Waals surface area contributed by atoms with Gasteiger partial charge in [0.1, 0.15) is 0 Å². The minimum Gasteiger partial charge on any atom is -0.368 e. The molecule has 154 valence electrons. The summed E-state index contributed by atoms with van der Waals surface area (Å²) < 4.78 is 63.9. The number of halogens is 3. The van der Waals surface area contributed by atoms with Gasteiger partial charge in [-0.25, -0.2) is 17.4 Å². The van der Waals surface area contributed by atoms with Crippen LogP contribution in [0.4, 0.5) is 24.8 Å². The van der Waals surface area contributed by atoms with Gasteiger partial charge in [0.25, 0.3) is 5.91 Å². The summed E-state index contributed by atoms with van der Waals surface area (Å²) in [5.74, 6) is -0.858. The fourth-order valence-electron chi connectivity index (χ4n) is 2.64. The smallest absolute Gasteiger partial charge is 0.368 e. The molecular formula is C18H17F3N4O3S. The number of hydrogen-bond acceptors (Lipinski definition) is 5. The van der Waals surface area contributed by atoms with Gasteiger partial charge in [-0.15, -0.1) is 0 Å². The highest BCUT2D eigenvalue weighted by atomic mass is 32.2. The molecule has 29 heavy (non-hydrogen) atoms. The number of nitrogen functional groups attached to an aromatic ring is 1. The quantitative estimate of drug-likeness (QED) is 0.664. The van der Waals surface area contributed by atoms with Crippen LogP contribution in [0.3, 0.4) is 0 Å². The zero-order chi connectivity index (χ0) is 21.6. The average Bonchev–Trinajstić information content (AvgIpc) is 2.96. The van der Waals surface area contributed by atoms with Crippen LogP contribution < -0.4 is 11.1 Å². The van der Waals surface area contributed by atoms with Crippen LogP contribution in [0, 0.1) is 0 Å². The van der Waals surface area contributed by atoms with Crippen LogP contribution in [0.5, 0.6) is 0 Å². The molecule has 7 nitrogen and oxygen atoms in total. The van der Waals surface area contributed by atoms with Crippen molar-refractivity contribution in [2.24, 2.45) is 0 Å². The topological polar surface area (TPSA) is 107 Å². The maximum atomic E-state index is 12.6. The minimum absolute atomic E-state index is 0.0147. The second-order valence-corrected chi connectivity index (χ2v) is 8.90. The molecule has 2 aromatic carbocycles. The standard InChI is InChI=1S/C18H17F3N4O3S/c1-10(2)29(27,28)25-15-9-13(7-8-14(15)24-17(25)22)23-16(26)11-3-5-12(6-4-11)18(19,20)21/h3-10H,1-2H3,(H2,22,24)(H,23,26). The lowest BCUT2D eigenvalue weighted by Gasteiger charge is -2.12. The molecule has 0 aliphatic carbocycles. The number of nitrogens with one attached hydrogen (secondary N) is 1. The van der Waals surface area contributed by atoms with Gasteiger partial charge in [-0.3, -0.25) is 4.79 Å². The maximum absolute atomic E-state index is 12.6. The zero-order valence-electron chi connectivity index (χ0n) is 15.4. The average molecular weight is 426 g/mol. The molecule has 1 amide bonds. The summed E-state index contributed by atoms with van der Waals surface area (Å²) in [6.07, 6.45) is -4.50. The number of nitrogens with zero attached hydrogens (tertiary/aromatic N) is 2. The van der Waals surface area contributed by atoms with E-state index in [1.165, 1.54) is 32.0 Å². The van der Waals surface area contributed by atoms with Crippen LogP contribution in [0.2, 0.25) is 0 Å². The van der Waals surface area contributed by atoms with Gasteiger partial charge in [0, 0.05) is 11.3 Å². The van der Waals surface area contributed by atoms with Gasteiger partial charge < -0.3 is 11.1 Å². The summed E-state index contributed by atoms with van der Waals surface area (Å²) in [5.41, 5.74) is 5.65. The van der Waals surface area contributed by atoms with Crippen molar-refractivity contribution in [3.63, 3.8) is 0 Å². The van der Waals surface area contributed by atoms with E-state index in [2.05, 4.69) is 10.3 Å². The summed E-state index contributed by atoms with van der Waals surface area (Å²) in [5, 5.41) is 1.77. The fourth-order valence-corrected chi connectivity index (χ4v) is 3.79. The second-order valence-electron chi connectivity index (χ2n) is 6.56. The number of imidazole rings is 1. The number of rotatable bonds is 4. The number of amides is 1. The Morgan fingerprint density at radius 2 is 1.76 bits per heavy atom. The van der Waals surface area contributed by atoms with Gasteiger partial charge >= 0.3 is 6.18 Å². The predicted molar refractivity (Wildman–Crippen MR) is 103 cm³/mol. The number of hydrogen-bond donors (Lipinski definition) is 2. The number of nitrogens with two attached hydrogens (primary N) is 1. The molecule has 0 spiro atoms. The molecule has 0 aliphatic rings. The third kappa shape index (κ3) is 3.90. The lowest BCUT2D eigenvalue weighted by molar-refractivity contribution is -0.137. The first-order valence-corrected chi connectivity index (χ1v) is 9.92. The van der Waals surface area contributed by atoms with Crippen LogP contribution in [0.25, 0.3) is 11.0 Å². The lowest BCUT2D eigenvalue weighted by atomic mass is 10.1. The minimum atomic E-state index is -4.50. The van der Waals surface area contributed by atoms with Crippen LogP contribution in [-0.2, 0) is 16.2 Å². The Hall–Kier alpha value is -3.08. The fraction of sp³-hybridized carbons (Fsp3) is 0.222. The number of carbonyl (C=O) groups excluding carboxylic acids is 1. The third-order valence-corrected chi connectivity index (χ3v) is 6.30. The second kappa shape index (κ2) is 7.07. The van der Waals surface area contributed by atoms with E-state index in [9.17, 15) is 26.4 Å². The van der Waals surface area contributed by atoms with Gasteiger partial charge in [0.15, 0.2) is 0 Å². The van der Waals surface area contributed by atoms with E-state index in [1.807, 2.05) is 0 Å². The summed E-state index contributed by atoms with van der Waals surface area (Å²) in [4.78, 5) is 16.4. The Morgan fingerprint density at radius 1 is 1.14 bits per heavy atom. The molecule has 0 bridgehead atoms.